The van der Waals surface area contributed by atoms with Crippen molar-refractivity contribution in [3.63, 3.8) is 0 Å². The number of nitrogens with one attached hydrogen (secondary N) is 1. The highest BCUT2D eigenvalue weighted by atomic mass is 16.6. The van der Waals surface area contributed by atoms with Crippen LogP contribution in [0.4, 0.5) is 0 Å². The van der Waals surface area contributed by atoms with Crippen LogP contribution in [0.15, 0.2) is 66.9 Å². The van der Waals surface area contributed by atoms with E-state index in [2.05, 4.69) is 48.4 Å². The second-order valence-corrected chi connectivity index (χ2v) is 7.76. The van der Waals surface area contributed by atoms with Crippen LogP contribution in [0.1, 0.15) is 36.7 Å². The molecule has 1 unspecified atom stereocenters. The number of ether oxygens (including phenoxy) is 3. The van der Waals surface area contributed by atoms with Gasteiger partial charge >= 0.3 is 0 Å². The summed E-state index contributed by atoms with van der Waals surface area (Å²) in [6, 6.07) is 20.5. The van der Waals surface area contributed by atoms with Crippen LogP contribution in [0.5, 0.6) is 17.2 Å². The van der Waals surface area contributed by atoms with Crippen LogP contribution in [0.25, 0.3) is 0 Å². The number of hydrogen-bond donors (Lipinski definition) is 1. The van der Waals surface area contributed by atoms with Crippen molar-refractivity contribution in [1.29, 1.82) is 0 Å². The highest BCUT2D eigenvalue weighted by Gasteiger charge is 2.19. The lowest BCUT2D eigenvalue weighted by Gasteiger charge is -2.25. The van der Waals surface area contributed by atoms with E-state index in [1.54, 1.807) is 6.20 Å². The van der Waals surface area contributed by atoms with Crippen molar-refractivity contribution >= 4 is 0 Å². The predicted octanol–water partition coefficient (Wildman–Crippen LogP) is 4.92. The Morgan fingerprint density at radius 1 is 0.967 bits per heavy atom. The number of pyridine rings is 1. The minimum Gasteiger partial charge on any atom is -0.487 e. The molecule has 2 heterocycles. The van der Waals surface area contributed by atoms with E-state index in [1.165, 1.54) is 11.1 Å². The van der Waals surface area contributed by atoms with Gasteiger partial charge in [0.05, 0.1) is 5.69 Å². The maximum atomic E-state index is 5.91. The van der Waals surface area contributed by atoms with E-state index < -0.39 is 0 Å². The average Bonchev–Trinajstić information content (AvgIpc) is 2.78. The highest BCUT2D eigenvalue weighted by molar-refractivity contribution is 5.44. The summed E-state index contributed by atoms with van der Waals surface area (Å²) < 4.78 is 17.3. The van der Waals surface area contributed by atoms with E-state index in [9.17, 15) is 0 Å². The molecule has 0 bridgehead atoms. The van der Waals surface area contributed by atoms with Crippen molar-refractivity contribution in [1.82, 2.24) is 10.3 Å². The third kappa shape index (κ3) is 5.10. The van der Waals surface area contributed by atoms with E-state index in [4.69, 9.17) is 14.2 Å². The van der Waals surface area contributed by atoms with Gasteiger partial charge in [-0.2, -0.15) is 0 Å². The Morgan fingerprint density at radius 2 is 1.83 bits per heavy atom. The molecule has 0 saturated carbocycles. The normalized spacial score (nSPS) is 13.8. The fourth-order valence-electron chi connectivity index (χ4n) is 3.61. The van der Waals surface area contributed by atoms with Gasteiger partial charge in [0.1, 0.15) is 25.6 Å². The van der Waals surface area contributed by atoms with Gasteiger partial charge in [0.25, 0.3) is 0 Å². The Morgan fingerprint density at radius 3 is 2.63 bits per heavy atom. The summed E-state index contributed by atoms with van der Waals surface area (Å²) in [5, 5.41) is 3.70. The molecular formula is C25H28N2O3. The van der Waals surface area contributed by atoms with Crippen LogP contribution in [-0.4, -0.2) is 18.2 Å². The second kappa shape index (κ2) is 9.63. The summed E-state index contributed by atoms with van der Waals surface area (Å²) in [6.45, 7) is 6.86. The fraction of sp³-hybridized carbons (Fsp3) is 0.320. The molecule has 156 valence electrons. The molecule has 5 heteroatoms. The number of benzene rings is 2. The molecule has 0 saturated heterocycles. The van der Waals surface area contributed by atoms with Gasteiger partial charge in [-0.25, -0.2) is 0 Å². The first-order chi connectivity index (χ1) is 14.7. The molecule has 1 aliphatic heterocycles. The number of nitrogens with zero attached hydrogens (tertiary/aromatic N) is 1. The summed E-state index contributed by atoms with van der Waals surface area (Å²) >= 11 is 0. The average molecular weight is 405 g/mol. The van der Waals surface area contributed by atoms with E-state index in [0.717, 1.165) is 29.5 Å². The fourth-order valence-corrected chi connectivity index (χ4v) is 3.61. The zero-order chi connectivity index (χ0) is 20.8. The molecule has 4 rings (SSSR count). The molecule has 0 fully saturated rings. The Labute approximate surface area is 178 Å². The number of rotatable bonds is 8. The first kappa shape index (κ1) is 20.2. The molecular weight excluding hydrogens is 376 g/mol. The molecule has 5 nitrogen and oxygen atoms in total. The minimum absolute atomic E-state index is 0.207. The molecule has 2 aromatic carbocycles. The Bertz CT molecular complexity index is 960. The van der Waals surface area contributed by atoms with Crippen molar-refractivity contribution in [2.75, 3.05) is 13.2 Å². The van der Waals surface area contributed by atoms with Gasteiger partial charge in [-0.15, -0.1) is 0 Å². The molecule has 30 heavy (non-hydrogen) atoms. The van der Waals surface area contributed by atoms with Gasteiger partial charge in [-0.3, -0.25) is 4.98 Å². The van der Waals surface area contributed by atoms with E-state index in [-0.39, 0.29) is 6.04 Å². The predicted molar refractivity (Wildman–Crippen MR) is 117 cm³/mol. The van der Waals surface area contributed by atoms with Crippen molar-refractivity contribution < 1.29 is 14.2 Å². The summed E-state index contributed by atoms with van der Waals surface area (Å²) in [5.41, 5.74) is 3.30. The third-order valence-electron chi connectivity index (χ3n) is 5.13. The largest absolute Gasteiger partial charge is 0.487 e. The molecule has 0 spiro atoms. The van der Waals surface area contributed by atoms with E-state index in [0.29, 0.717) is 25.7 Å². The summed E-state index contributed by atoms with van der Waals surface area (Å²) in [6.07, 6.45) is 1.78. The number of hydrogen-bond acceptors (Lipinski definition) is 5. The molecule has 3 aromatic rings. The quantitative estimate of drug-likeness (QED) is 0.578. The zero-order valence-corrected chi connectivity index (χ0v) is 17.5. The van der Waals surface area contributed by atoms with Gasteiger partial charge in [0, 0.05) is 18.8 Å². The summed E-state index contributed by atoms with van der Waals surface area (Å²) in [4.78, 5) is 4.30. The van der Waals surface area contributed by atoms with Crippen LogP contribution >= 0.6 is 0 Å². The maximum Gasteiger partial charge on any atom is 0.161 e. The monoisotopic (exact) mass is 404 g/mol. The third-order valence-corrected chi connectivity index (χ3v) is 5.13. The molecule has 1 atom stereocenters. The Hall–Kier alpha value is -3.05. The summed E-state index contributed by atoms with van der Waals surface area (Å²) in [5.74, 6) is 2.93. The molecule has 0 radical (unpaired) electrons. The molecule has 0 aliphatic carbocycles. The van der Waals surface area contributed by atoms with Crippen molar-refractivity contribution in [2.45, 2.75) is 33.0 Å². The van der Waals surface area contributed by atoms with E-state index >= 15 is 0 Å². The van der Waals surface area contributed by atoms with Crippen molar-refractivity contribution in [2.24, 2.45) is 5.92 Å². The van der Waals surface area contributed by atoms with Crippen molar-refractivity contribution in [3.8, 4) is 17.2 Å². The Balaban J connectivity index is 1.40. The highest BCUT2D eigenvalue weighted by Crippen LogP contribution is 2.34. The molecule has 0 amide bonds. The first-order valence-electron chi connectivity index (χ1n) is 10.4. The van der Waals surface area contributed by atoms with Gasteiger partial charge < -0.3 is 19.5 Å². The first-order valence-corrected chi connectivity index (χ1v) is 10.4. The smallest absolute Gasteiger partial charge is 0.161 e. The second-order valence-electron chi connectivity index (χ2n) is 7.76. The van der Waals surface area contributed by atoms with Crippen LogP contribution in [0.2, 0.25) is 0 Å². The standard InChI is InChI=1S/C25H28N2O3/c1-18(2)25(20-9-10-23-24(15-20)29-13-12-28-23)27-16-19-6-5-8-22(14-19)30-17-21-7-3-4-11-26-21/h3-11,14-15,18,25,27H,12-13,16-17H2,1-2H3. The van der Waals surface area contributed by atoms with Gasteiger partial charge in [-0.05, 0) is 53.4 Å². The lowest BCUT2D eigenvalue weighted by molar-refractivity contribution is 0.171. The molecule has 1 N–H and O–H groups in total. The van der Waals surface area contributed by atoms with Gasteiger partial charge in [0.2, 0.25) is 0 Å². The molecule has 1 aliphatic rings. The van der Waals surface area contributed by atoms with Crippen LogP contribution in [-0.2, 0) is 13.2 Å². The SMILES string of the molecule is CC(C)C(NCc1cccc(OCc2ccccn2)c1)c1ccc2c(c1)OCCO2. The molecule has 1 aromatic heterocycles. The van der Waals surface area contributed by atoms with Crippen LogP contribution < -0.4 is 19.5 Å². The zero-order valence-electron chi connectivity index (χ0n) is 17.5. The van der Waals surface area contributed by atoms with Gasteiger partial charge in [0.15, 0.2) is 11.5 Å². The van der Waals surface area contributed by atoms with Crippen LogP contribution in [0.3, 0.4) is 0 Å². The van der Waals surface area contributed by atoms with Crippen LogP contribution in [0, 0.1) is 5.92 Å². The maximum absolute atomic E-state index is 5.91. The van der Waals surface area contributed by atoms with E-state index in [1.807, 2.05) is 36.4 Å². The summed E-state index contributed by atoms with van der Waals surface area (Å²) in [7, 11) is 0. The van der Waals surface area contributed by atoms with Crippen molar-refractivity contribution in [3.05, 3.63) is 83.7 Å². The Kier molecular flexibility index (Phi) is 6.50. The topological polar surface area (TPSA) is 52.6 Å². The minimum atomic E-state index is 0.207. The number of aromatic nitrogens is 1. The van der Waals surface area contributed by atoms with Gasteiger partial charge in [-0.1, -0.05) is 38.1 Å². The number of fused-ring (bicyclic) bond motifs is 1. The lowest BCUT2D eigenvalue weighted by atomic mass is 9.95. The lowest BCUT2D eigenvalue weighted by Crippen LogP contribution is -2.25.